The number of hydrogen-bond donors (Lipinski definition) is 2. The number of rotatable bonds is 3. The van der Waals surface area contributed by atoms with E-state index in [9.17, 15) is 5.11 Å². The average Bonchev–Trinajstić information content (AvgIpc) is 2.72. The Labute approximate surface area is 98.5 Å². The highest BCUT2D eigenvalue weighted by molar-refractivity contribution is 5.55. The molecule has 3 rings (SSSR count). The molecule has 0 bridgehead atoms. The van der Waals surface area contributed by atoms with Crippen molar-refractivity contribution in [1.29, 1.82) is 0 Å². The van der Waals surface area contributed by atoms with Gasteiger partial charge in [-0.3, -0.25) is 0 Å². The summed E-state index contributed by atoms with van der Waals surface area (Å²) in [5.41, 5.74) is 0.746. The minimum Gasteiger partial charge on any atom is -0.508 e. The molecule has 2 heterocycles. The van der Waals surface area contributed by atoms with Crippen LogP contribution in [0, 0.1) is 5.92 Å². The van der Waals surface area contributed by atoms with Crippen LogP contribution < -0.4 is 5.32 Å². The first kappa shape index (κ1) is 10.3. The lowest BCUT2D eigenvalue weighted by Crippen LogP contribution is -2.43. The van der Waals surface area contributed by atoms with Crippen LogP contribution in [0.5, 0.6) is 5.75 Å². The number of phenolic OH excluding ortho intramolecular Hbond substituents is 1. The van der Waals surface area contributed by atoms with Gasteiger partial charge in [-0.2, -0.15) is 4.98 Å². The third kappa shape index (κ3) is 2.14. The topological polar surface area (TPSA) is 71.2 Å². The molecule has 0 aliphatic carbocycles. The van der Waals surface area contributed by atoms with Crippen LogP contribution in [0.25, 0.3) is 11.5 Å². The van der Waals surface area contributed by atoms with E-state index >= 15 is 0 Å². The first-order chi connectivity index (χ1) is 8.31. The monoisotopic (exact) mass is 231 g/mol. The molecular formula is C12H13N3O2. The molecule has 1 saturated heterocycles. The molecule has 0 radical (unpaired) electrons. The van der Waals surface area contributed by atoms with Gasteiger partial charge in [-0.25, -0.2) is 0 Å². The van der Waals surface area contributed by atoms with Gasteiger partial charge in [0, 0.05) is 12.0 Å². The maximum atomic E-state index is 9.38. The number of nitrogens with one attached hydrogen (secondary N) is 1. The lowest BCUT2D eigenvalue weighted by Gasteiger charge is -2.25. The third-order valence-electron chi connectivity index (χ3n) is 2.90. The molecule has 2 N–H and O–H groups in total. The van der Waals surface area contributed by atoms with Crippen molar-refractivity contribution >= 4 is 0 Å². The quantitative estimate of drug-likeness (QED) is 0.830. The van der Waals surface area contributed by atoms with E-state index in [0.29, 0.717) is 11.8 Å². The smallest absolute Gasteiger partial charge is 0.258 e. The Balaban J connectivity index is 1.79. The van der Waals surface area contributed by atoms with E-state index in [1.165, 1.54) is 0 Å². The Morgan fingerprint density at radius 1 is 1.41 bits per heavy atom. The summed E-state index contributed by atoms with van der Waals surface area (Å²) in [5.74, 6) is 2.01. The molecule has 1 aliphatic heterocycles. The predicted molar refractivity (Wildman–Crippen MR) is 61.5 cm³/mol. The van der Waals surface area contributed by atoms with Crippen molar-refractivity contribution < 1.29 is 9.63 Å². The van der Waals surface area contributed by atoms with Crippen LogP contribution in [0.2, 0.25) is 0 Å². The Bertz CT molecular complexity index is 520. The van der Waals surface area contributed by atoms with Crippen LogP contribution in [0.15, 0.2) is 28.8 Å². The summed E-state index contributed by atoms with van der Waals surface area (Å²) in [5, 5.41) is 16.5. The molecule has 5 heteroatoms. The largest absolute Gasteiger partial charge is 0.508 e. The van der Waals surface area contributed by atoms with E-state index in [-0.39, 0.29) is 5.75 Å². The summed E-state index contributed by atoms with van der Waals surface area (Å²) >= 11 is 0. The zero-order valence-corrected chi connectivity index (χ0v) is 9.26. The number of nitrogens with zero attached hydrogens (tertiary/aromatic N) is 2. The van der Waals surface area contributed by atoms with Gasteiger partial charge in [-0.15, -0.1) is 0 Å². The molecule has 88 valence electrons. The van der Waals surface area contributed by atoms with Crippen molar-refractivity contribution in [2.75, 3.05) is 13.1 Å². The first-order valence-electron chi connectivity index (χ1n) is 5.64. The van der Waals surface area contributed by atoms with E-state index in [4.69, 9.17) is 4.52 Å². The van der Waals surface area contributed by atoms with Gasteiger partial charge in [-0.1, -0.05) is 11.2 Å². The van der Waals surface area contributed by atoms with Gasteiger partial charge < -0.3 is 14.9 Å². The minimum atomic E-state index is 0.199. The zero-order valence-electron chi connectivity index (χ0n) is 9.26. The number of phenols is 1. The van der Waals surface area contributed by atoms with Crippen molar-refractivity contribution in [3.05, 3.63) is 30.1 Å². The molecule has 0 saturated carbocycles. The van der Waals surface area contributed by atoms with Crippen LogP contribution in [0.4, 0.5) is 0 Å². The van der Waals surface area contributed by atoms with Crippen molar-refractivity contribution in [3.8, 4) is 17.2 Å². The van der Waals surface area contributed by atoms with Crippen LogP contribution in [0.3, 0.4) is 0 Å². The predicted octanol–water partition coefficient (Wildman–Crippen LogP) is 1.20. The molecule has 1 aromatic heterocycles. The molecule has 0 amide bonds. The van der Waals surface area contributed by atoms with Crippen LogP contribution in [-0.2, 0) is 6.42 Å². The second-order valence-corrected chi connectivity index (χ2v) is 4.29. The average molecular weight is 231 g/mol. The Kier molecular flexibility index (Phi) is 2.53. The summed E-state index contributed by atoms with van der Waals surface area (Å²) in [6, 6.07) is 6.81. The molecular weight excluding hydrogens is 218 g/mol. The Morgan fingerprint density at radius 3 is 3.00 bits per heavy atom. The number of aromatic nitrogens is 2. The van der Waals surface area contributed by atoms with E-state index < -0.39 is 0 Å². The van der Waals surface area contributed by atoms with E-state index in [0.717, 1.165) is 30.9 Å². The van der Waals surface area contributed by atoms with Gasteiger partial charge in [0.1, 0.15) is 5.75 Å². The summed E-state index contributed by atoms with van der Waals surface area (Å²) in [7, 11) is 0. The molecule has 17 heavy (non-hydrogen) atoms. The van der Waals surface area contributed by atoms with Gasteiger partial charge in [0.25, 0.3) is 5.89 Å². The number of aromatic hydroxyl groups is 1. The molecule has 1 aromatic carbocycles. The molecule has 0 spiro atoms. The number of hydrogen-bond acceptors (Lipinski definition) is 5. The summed E-state index contributed by atoms with van der Waals surface area (Å²) < 4.78 is 5.18. The Morgan fingerprint density at radius 2 is 2.29 bits per heavy atom. The third-order valence-corrected chi connectivity index (χ3v) is 2.90. The summed E-state index contributed by atoms with van der Waals surface area (Å²) in [6.07, 6.45) is 0.843. The lowest BCUT2D eigenvalue weighted by atomic mass is 9.99. The molecule has 0 unspecified atom stereocenters. The van der Waals surface area contributed by atoms with Gasteiger partial charge in [0.2, 0.25) is 0 Å². The fourth-order valence-electron chi connectivity index (χ4n) is 1.84. The van der Waals surface area contributed by atoms with Crippen molar-refractivity contribution in [1.82, 2.24) is 15.5 Å². The van der Waals surface area contributed by atoms with E-state index in [1.54, 1.807) is 18.2 Å². The molecule has 0 atom stereocenters. The first-order valence-corrected chi connectivity index (χ1v) is 5.64. The fourth-order valence-corrected chi connectivity index (χ4v) is 1.84. The number of benzene rings is 1. The van der Waals surface area contributed by atoms with E-state index in [1.807, 2.05) is 6.07 Å². The van der Waals surface area contributed by atoms with Crippen molar-refractivity contribution in [3.63, 3.8) is 0 Å². The highest BCUT2D eigenvalue weighted by Crippen LogP contribution is 2.22. The molecule has 2 aromatic rings. The van der Waals surface area contributed by atoms with Crippen LogP contribution in [0.1, 0.15) is 5.82 Å². The van der Waals surface area contributed by atoms with Crippen LogP contribution in [-0.4, -0.2) is 28.3 Å². The second kappa shape index (κ2) is 4.18. The fraction of sp³-hybridized carbons (Fsp3) is 0.333. The highest BCUT2D eigenvalue weighted by atomic mass is 16.5. The van der Waals surface area contributed by atoms with E-state index in [2.05, 4.69) is 15.5 Å². The SMILES string of the molecule is Oc1cccc(-c2nc(CC3CNC3)no2)c1. The standard InChI is InChI=1S/C12H13N3O2/c16-10-3-1-2-9(5-10)12-14-11(15-17-12)4-8-6-13-7-8/h1-3,5,8,13,16H,4,6-7H2. The van der Waals surface area contributed by atoms with Crippen LogP contribution >= 0.6 is 0 Å². The second-order valence-electron chi connectivity index (χ2n) is 4.29. The maximum Gasteiger partial charge on any atom is 0.258 e. The van der Waals surface area contributed by atoms with Crippen molar-refractivity contribution in [2.24, 2.45) is 5.92 Å². The summed E-state index contributed by atoms with van der Waals surface area (Å²) in [4.78, 5) is 4.33. The minimum absolute atomic E-state index is 0.199. The molecule has 5 nitrogen and oxygen atoms in total. The highest BCUT2D eigenvalue weighted by Gasteiger charge is 2.20. The normalized spacial score (nSPS) is 15.8. The van der Waals surface area contributed by atoms with Gasteiger partial charge >= 0.3 is 0 Å². The zero-order chi connectivity index (χ0) is 11.7. The summed E-state index contributed by atoms with van der Waals surface area (Å²) in [6.45, 7) is 2.05. The van der Waals surface area contributed by atoms with Gasteiger partial charge in [0.05, 0.1) is 0 Å². The molecule has 1 aliphatic rings. The maximum absolute atomic E-state index is 9.38. The molecule has 1 fully saturated rings. The van der Waals surface area contributed by atoms with Crippen molar-refractivity contribution in [2.45, 2.75) is 6.42 Å². The Hall–Kier alpha value is -1.88. The lowest BCUT2D eigenvalue weighted by molar-refractivity contribution is 0.333. The van der Waals surface area contributed by atoms with Gasteiger partial charge in [-0.05, 0) is 37.2 Å². The van der Waals surface area contributed by atoms with Gasteiger partial charge in [0.15, 0.2) is 5.82 Å².